The third-order valence-electron chi connectivity index (χ3n) is 4.20. The van der Waals surface area contributed by atoms with Crippen LogP contribution in [0.1, 0.15) is 37.9 Å². The van der Waals surface area contributed by atoms with Gasteiger partial charge in [0.25, 0.3) is 5.91 Å². The molecule has 0 aliphatic rings. The van der Waals surface area contributed by atoms with Crippen LogP contribution in [0.15, 0.2) is 47.4 Å². The average molecular weight is 421 g/mol. The highest BCUT2D eigenvalue weighted by Crippen LogP contribution is 2.22. The monoisotopic (exact) mass is 420 g/mol. The Kier molecular flexibility index (Phi) is 7.64. The number of nitrogens with one attached hydrogen (secondary N) is 2. The highest BCUT2D eigenvalue weighted by molar-refractivity contribution is 7.89. The molecule has 1 amide bonds. The van der Waals surface area contributed by atoms with Gasteiger partial charge in [-0.05, 0) is 69.2 Å². The highest BCUT2D eigenvalue weighted by Gasteiger charge is 2.17. The number of sulfonamides is 1. The molecule has 7 nitrogen and oxygen atoms in total. The molecule has 2 aromatic rings. The molecule has 0 aliphatic heterocycles. The number of hydrogen-bond acceptors (Lipinski definition) is 5. The van der Waals surface area contributed by atoms with Gasteiger partial charge in [0.05, 0.1) is 18.0 Å². The van der Waals surface area contributed by atoms with Crippen LogP contribution < -0.4 is 19.5 Å². The predicted molar refractivity (Wildman–Crippen MR) is 112 cm³/mol. The molecule has 1 atom stereocenters. The number of ether oxygens (including phenoxy) is 2. The van der Waals surface area contributed by atoms with Gasteiger partial charge in [0, 0.05) is 6.04 Å². The van der Waals surface area contributed by atoms with E-state index in [0.717, 1.165) is 11.3 Å². The summed E-state index contributed by atoms with van der Waals surface area (Å²) in [6.45, 7) is 6.96. The summed E-state index contributed by atoms with van der Waals surface area (Å²) in [6, 6.07) is 11.6. The Morgan fingerprint density at radius 2 is 1.72 bits per heavy atom. The zero-order valence-electron chi connectivity index (χ0n) is 17.4. The summed E-state index contributed by atoms with van der Waals surface area (Å²) in [5.74, 6) is 0.937. The summed E-state index contributed by atoms with van der Waals surface area (Å²) in [5, 5.41) is 2.87. The van der Waals surface area contributed by atoms with Crippen molar-refractivity contribution in [3.63, 3.8) is 0 Å². The summed E-state index contributed by atoms with van der Waals surface area (Å²) >= 11 is 0. The standard InChI is InChI=1S/C21H28N2O5S/c1-14(2)23-29(25,26)19-10-11-20(15(3)12-19)28-13-21(24)22-16(4)17-6-8-18(27-5)9-7-17/h6-12,14,16,23H,13H2,1-5H3,(H,22,24). The van der Waals surface area contributed by atoms with Crippen LogP contribution >= 0.6 is 0 Å². The quantitative estimate of drug-likeness (QED) is 0.651. The van der Waals surface area contributed by atoms with Crippen molar-refractivity contribution in [3.8, 4) is 11.5 Å². The minimum Gasteiger partial charge on any atom is -0.497 e. The molecular weight excluding hydrogens is 392 g/mol. The van der Waals surface area contributed by atoms with Gasteiger partial charge in [-0.15, -0.1) is 0 Å². The number of methoxy groups -OCH3 is 1. The molecule has 0 aliphatic carbocycles. The van der Waals surface area contributed by atoms with E-state index >= 15 is 0 Å². The summed E-state index contributed by atoms with van der Waals surface area (Å²) < 4.78 is 37.7. The minimum absolute atomic E-state index is 0.161. The van der Waals surface area contributed by atoms with Crippen LogP contribution in [0.5, 0.6) is 11.5 Å². The molecule has 0 fully saturated rings. The molecular formula is C21H28N2O5S. The van der Waals surface area contributed by atoms with Crippen molar-refractivity contribution in [1.29, 1.82) is 0 Å². The SMILES string of the molecule is COc1ccc(C(C)NC(=O)COc2ccc(S(=O)(=O)NC(C)C)cc2C)cc1. The molecule has 2 rings (SSSR count). The molecule has 0 spiro atoms. The summed E-state index contributed by atoms with van der Waals surface area (Å²) in [4.78, 5) is 12.4. The Bertz CT molecular complexity index is 940. The highest BCUT2D eigenvalue weighted by atomic mass is 32.2. The Labute approximate surface area is 172 Å². The lowest BCUT2D eigenvalue weighted by molar-refractivity contribution is -0.123. The molecule has 2 N–H and O–H groups in total. The lowest BCUT2D eigenvalue weighted by atomic mass is 10.1. The van der Waals surface area contributed by atoms with E-state index < -0.39 is 10.0 Å². The van der Waals surface area contributed by atoms with Gasteiger partial charge in [0.1, 0.15) is 11.5 Å². The van der Waals surface area contributed by atoms with Crippen LogP contribution in [0.3, 0.4) is 0 Å². The predicted octanol–water partition coefficient (Wildman–Crippen LogP) is 2.95. The second-order valence-electron chi connectivity index (χ2n) is 7.05. The lowest BCUT2D eigenvalue weighted by Crippen LogP contribution is -2.31. The maximum Gasteiger partial charge on any atom is 0.258 e. The topological polar surface area (TPSA) is 93.7 Å². The van der Waals surface area contributed by atoms with Gasteiger partial charge in [-0.1, -0.05) is 12.1 Å². The second-order valence-corrected chi connectivity index (χ2v) is 8.77. The first-order valence-corrected chi connectivity index (χ1v) is 10.8. The summed E-state index contributed by atoms with van der Waals surface area (Å²) in [5.41, 5.74) is 1.58. The second kappa shape index (κ2) is 9.76. The molecule has 29 heavy (non-hydrogen) atoms. The molecule has 0 saturated heterocycles. The normalized spacial score (nSPS) is 12.5. The maximum atomic E-state index is 12.2. The van der Waals surface area contributed by atoms with E-state index in [1.807, 2.05) is 31.2 Å². The summed E-state index contributed by atoms with van der Waals surface area (Å²) in [7, 11) is -1.98. The van der Waals surface area contributed by atoms with Crippen molar-refractivity contribution >= 4 is 15.9 Å². The number of rotatable bonds is 9. The van der Waals surface area contributed by atoms with Gasteiger partial charge < -0.3 is 14.8 Å². The smallest absolute Gasteiger partial charge is 0.258 e. The number of hydrogen-bond donors (Lipinski definition) is 2. The number of amides is 1. The van der Waals surface area contributed by atoms with Crippen molar-refractivity contribution in [3.05, 3.63) is 53.6 Å². The van der Waals surface area contributed by atoms with Crippen LogP contribution in [0.2, 0.25) is 0 Å². The molecule has 8 heteroatoms. The molecule has 0 bridgehead atoms. The molecule has 0 saturated carbocycles. The Hall–Kier alpha value is -2.58. The van der Waals surface area contributed by atoms with Crippen molar-refractivity contribution in [1.82, 2.24) is 10.0 Å². The van der Waals surface area contributed by atoms with E-state index in [0.29, 0.717) is 11.3 Å². The lowest BCUT2D eigenvalue weighted by Gasteiger charge is -2.16. The van der Waals surface area contributed by atoms with Gasteiger partial charge in [-0.2, -0.15) is 0 Å². The Morgan fingerprint density at radius 3 is 2.28 bits per heavy atom. The number of aryl methyl sites for hydroxylation is 1. The van der Waals surface area contributed by atoms with Crippen molar-refractivity contribution < 1.29 is 22.7 Å². The van der Waals surface area contributed by atoms with Crippen molar-refractivity contribution in [2.45, 2.75) is 44.7 Å². The molecule has 158 valence electrons. The molecule has 0 aromatic heterocycles. The van der Waals surface area contributed by atoms with Crippen LogP contribution in [-0.2, 0) is 14.8 Å². The molecule has 0 heterocycles. The van der Waals surface area contributed by atoms with Crippen LogP contribution in [0, 0.1) is 6.92 Å². The van der Waals surface area contributed by atoms with Crippen LogP contribution in [0.4, 0.5) is 0 Å². The van der Waals surface area contributed by atoms with Crippen LogP contribution in [-0.4, -0.2) is 34.1 Å². The fourth-order valence-electron chi connectivity index (χ4n) is 2.73. The van der Waals surface area contributed by atoms with Crippen molar-refractivity contribution in [2.75, 3.05) is 13.7 Å². The first-order valence-electron chi connectivity index (χ1n) is 9.31. The molecule has 0 radical (unpaired) electrons. The zero-order valence-corrected chi connectivity index (χ0v) is 18.2. The third kappa shape index (κ3) is 6.47. The van der Waals surface area contributed by atoms with E-state index in [2.05, 4.69) is 10.0 Å². The maximum absolute atomic E-state index is 12.2. The van der Waals surface area contributed by atoms with Crippen molar-refractivity contribution in [2.24, 2.45) is 0 Å². The van der Waals surface area contributed by atoms with E-state index in [1.54, 1.807) is 33.9 Å². The van der Waals surface area contributed by atoms with Gasteiger partial charge in [0.15, 0.2) is 6.61 Å². The van der Waals surface area contributed by atoms with Gasteiger partial charge in [0.2, 0.25) is 10.0 Å². The first kappa shape index (κ1) is 22.7. The average Bonchev–Trinajstić information content (AvgIpc) is 2.66. The zero-order chi connectivity index (χ0) is 21.6. The fraction of sp³-hybridized carbons (Fsp3) is 0.381. The van der Waals surface area contributed by atoms with Gasteiger partial charge in [-0.3, -0.25) is 4.79 Å². The summed E-state index contributed by atoms with van der Waals surface area (Å²) in [6.07, 6.45) is 0. The third-order valence-corrected chi connectivity index (χ3v) is 5.86. The molecule has 2 aromatic carbocycles. The van der Waals surface area contributed by atoms with E-state index in [4.69, 9.17) is 9.47 Å². The Morgan fingerprint density at radius 1 is 1.07 bits per heavy atom. The van der Waals surface area contributed by atoms with Crippen LogP contribution in [0.25, 0.3) is 0 Å². The van der Waals surface area contributed by atoms with E-state index in [-0.39, 0.29) is 29.5 Å². The number of carbonyl (C=O) groups is 1. The first-order chi connectivity index (χ1) is 13.6. The van der Waals surface area contributed by atoms with E-state index in [9.17, 15) is 13.2 Å². The Balaban J connectivity index is 1.95. The molecule has 1 unspecified atom stereocenters. The van der Waals surface area contributed by atoms with Gasteiger partial charge >= 0.3 is 0 Å². The minimum atomic E-state index is -3.58. The fourth-order valence-corrected chi connectivity index (χ4v) is 4.07. The number of carbonyl (C=O) groups excluding carboxylic acids is 1. The van der Waals surface area contributed by atoms with Gasteiger partial charge in [-0.25, -0.2) is 13.1 Å². The largest absolute Gasteiger partial charge is 0.497 e. The van der Waals surface area contributed by atoms with E-state index in [1.165, 1.54) is 12.1 Å². The number of benzene rings is 2.